The number of nitrogens with zero attached hydrogens (tertiary/aromatic N) is 1. The van der Waals surface area contributed by atoms with Crippen LogP contribution in [0.25, 0.3) is 10.9 Å². The minimum Gasteiger partial charge on any atom is -0.366 e. The van der Waals surface area contributed by atoms with E-state index in [0.717, 1.165) is 10.9 Å². The number of fused-ring (bicyclic) bond motifs is 1. The smallest absolute Gasteiger partial charge is 0.248 e. The monoisotopic (exact) mass is 171 g/mol. The van der Waals surface area contributed by atoms with E-state index in [1.807, 2.05) is 0 Å². The predicted molar refractivity (Wildman–Crippen MR) is 49.1 cm³/mol. The van der Waals surface area contributed by atoms with Crippen molar-refractivity contribution in [2.45, 2.75) is 0 Å². The fourth-order valence-electron chi connectivity index (χ4n) is 1.16. The van der Waals surface area contributed by atoms with Crippen molar-refractivity contribution in [3.05, 3.63) is 42.1 Å². The number of pyridine rings is 1. The van der Waals surface area contributed by atoms with Crippen molar-refractivity contribution in [2.24, 2.45) is 5.73 Å². The normalized spacial score (nSPS) is 10.2. The van der Waals surface area contributed by atoms with Gasteiger partial charge in [-0.15, -0.1) is 0 Å². The fourth-order valence-corrected chi connectivity index (χ4v) is 1.16. The molecule has 0 aliphatic heterocycles. The Morgan fingerprint density at radius 1 is 1.46 bits per heavy atom. The lowest BCUT2D eigenvalue weighted by Gasteiger charge is -1.97. The number of amides is 1. The van der Waals surface area contributed by atoms with Crippen molar-refractivity contribution in [3.63, 3.8) is 0 Å². The van der Waals surface area contributed by atoms with Gasteiger partial charge in [0.2, 0.25) is 5.91 Å². The quantitative estimate of drug-likeness (QED) is 0.699. The lowest BCUT2D eigenvalue weighted by molar-refractivity contribution is 0.100. The number of nitrogens with two attached hydrogens (primary N) is 1. The van der Waals surface area contributed by atoms with E-state index in [1.54, 1.807) is 30.5 Å². The Labute approximate surface area is 75.2 Å². The Morgan fingerprint density at radius 3 is 3.08 bits per heavy atom. The third-order valence-corrected chi connectivity index (χ3v) is 1.81. The zero-order chi connectivity index (χ0) is 9.26. The molecular formula is C10H7N2O. The Balaban J connectivity index is 2.69. The molecule has 13 heavy (non-hydrogen) atoms. The summed E-state index contributed by atoms with van der Waals surface area (Å²) in [6.45, 7) is 0. The van der Waals surface area contributed by atoms with Crippen LogP contribution in [-0.2, 0) is 0 Å². The molecule has 0 saturated carbocycles. The van der Waals surface area contributed by atoms with Crippen LogP contribution in [0.15, 0.2) is 30.5 Å². The lowest BCUT2D eigenvalue weighted by atomic mass is 10.1. The van der Waals surface area contributed by atoms with Crippen LogP contribution in [-0.4, -0.2) is 10.9 Å². The van der Waals surface area contributed by atoms with Crippen LogP contribution >= 0.6 is 0 Å². The maximum atomic E-state index is 10.8. The summed E-state index contributed by atoms with van der Waals surface area (Å²) >= 11 is 0. The lowest BCUT2D eigenvalue weighted by Crippen LogP contribution is -2.10. The van der Waals surface area contributed by atoms with Crippen LogP contribution in [0.2, 0.25) is 0 Å². The van der Waals surface area contributed by atoms with Crippen molar-refractivity contribution < 1.29 is 4.79 Å². The minimum atomic E-state index is -0.431. The number of rotatable bonds is 1. The van der Waals surface area contributed by atoms with E-state index in [2.05, 4.69) is 11.1 Å². The summed E-state index contributed by atoms with van der Waals surface area (Å²) in [5.74, 6) is -0.431. The van der Waals surface area contributed by atoms with Gasteiger partial charge in [-0.25, -0.2) is 0 Å². The van der Waals surface area contributed by atoms with Gasteiger partial charge in [-0.2, -0.15) is 0 Å². The van der Waals surface area contributed by atoms with Crippen LogP contribution in [0.3, 0.4) is 0 Å². The molecule has 0 unspecified atom stereocenters. The first-order chi connectivity index (χ1) is 6.27. The van der Waals surface area contributed by atoms with Crippen molar-refractivity contribution in [3.8, 4) is 0 Å². The second-order valence-electron chi connectivity index (χ2n) is 2.69. The van der Waals surface area contributed by atoms with Crippen LogP contribution < -0.4 is 5.73 Å². The number of carbonyl (C=O) groups excluding carboxylic acids is 1. The first-order valence-electron chi connectivity index (χ1n) is 3.83. The van der Waals surface area contributed by atoms with Crippen LogP contribution in [0, 0.1) is 6.07 Å². The summed E-state index contributed by atoms with van der Waals surface area (Å²) in [4.78, 5) is 14.9. The van der Waals surface area contributed by atoms with Gasteiger partial charge in [-0.1, -0.05) is 0 Å². The predicted octanol–water partition coefficient (Wildman–Crippen LogP) is 1.13. The highest BCUT2D eigenvalue weighted by Crippen LogP contribution is 2.11. The first-order valence-corrected chi connectivity index (χ1v) is 3.83. The van der Waals surface area contributed by atoms with Crippen molar-refractivity contribution in [1.82, 2.24) is 4.98 Å². The number of primary amides is 1. The molecule has 0 bridgehead atoms. The highest BCUT2D eigenvalue weighted by Gasteiger charge is 2.00. The van der Waals surface area contributed by atoms with Crippen LogP contribution in [0.1, 0.15) is 10.4 Å². The number of carbonyl (C=O) groups is 1. The third-order valence-electron chi connectivity index (χ3n) is 1.81. The third kappa shape index (κ3) is 1.36. The van der Waals surface area contributed by atoms with E-state index in [0.29, 0.717) is 5.56 Å². The summed E-state index contributed by atoms with van der Waals surface area (Å²) in [5.41, 5.74) is 6.43. The molecule has 0 atom stereocenters. The van der Waals surface area contributed by atoms with Crippen molar-refractivity contribution in [2.75, 3.05) is 0 Å². The van der Waals surface area contributed by atoms with E-state index in [4.69, 9.17) is 5.73 Å². The van der Waals surface area contributed by atoms with E-state index < -0.39 is 5.91 Å². The van der Waals surface area contributed by atoms with E-state index in [1.165, 1.54) is 0 Å². The summed E-state index contributed by atoms with van der Waals surface area (Å²) in [5, 5.41) is 0.804. The van der Waals surface area contributed by atoms with Gasteiger partial charge in [0.25, 0.3) is 0 Å². The molecule has 1 amide bonds. The zero-order valence-electron chi connectivity index (χ0n) is 6.82. The molecule has 1 aromatic carbocycles. The van der Waals surface area contributed by atoms with Gasteiger partial charge in [0.1, 0.15) is 0 Å². The molecule has 2 aromatic rings. The van der Waals surface area contributed by atoms with Crippen molar-refractivity contribution >= 4 is 16.8 Å². The molecule has 0 aliphatic rings. The number of hydrogen-bond acceptors (Lipinski definition) is 2. The summed E-state index contributed by atoms with van der Waals surface area (Å²) in [6, 6.07) is 9.78. The van der Waals surface area contributed by atoms with Gasteiger partial charge in [0, 0.05) is 17.1 Å². The Hall–Kier alpha value is -1.90. The highest BCUT2D eigenvalue weighted by molar-refractivity contribution is 5.96. The standard InChI is InChI=1S/C10H7N2O/c11-10(13)8-3-4-9-7(6-8)2-1-5-12-9/h1,3-6H,(H2,11,13). The number of hydrogen-bond donors (Lipinski definition) is 1. The summed E-state index contributed by atoms with van der Waals surface area (Å²) in [7, 11) is 0. The van der Waals surface area contributed by atoms with Gasteiger partial charge in [-0.05, 0) is 30.3 Å². The molecule has 3 nitrogen and oxygen atoms in total. The largest absolute Gasteiger partial charge is 0.366 e. The summed E-state index contributed by atoms with van der Waals surface area (Å²) < 4.78 is 0. The van der Waals surface area contributed by atoms with Crippen LogP contribution in [0.4, 0.5) is 0 Å². The Kier molecular flexibility index (Phi) is 1.70. The number of aromatic nitrogens is 1. The average molecular weight is 171 g/mol. The van der Waals surface area contributed by atoms with E-state index in [-0.39, 0.29) is 0 Å². The van der Waals surface area contributed by atoms with Crippen LogP contribution in [0.5, 0.6) is 0 Å². The average Bonchev–Trinajstić information content (AvgIpc) is 2.17. The SMILES string of the molecule is NC(=O)c1ccc2ncc[c]c2c1. The fraction of sp³-hybridized carbons (Fsp3) is 0. The maximum absolute atomic E-state index is 10.8. The summed E-state index contributed by atoms with van der Waals surface area (Å²) in [6.07, 6.45) is 1.66. The molecule has 3 heteroatoms. The second-order valence-corrected chi connectivity index (χ2v) is 2.69. The zero-order valence-corrected chi connectivity index (χ0v) is 6.82. The van der Waals surface area contributed by atoms with E-state index in [9.17, 15) is 4.79 Å². The minimum absolute atomic E-state index is 0.431. The molecule has 0 spiro atoms. The van der Waals surface area contributed by atoms with Gasteiger partial charge < -0.3 is 5.73 Å². The topological polar surface area (TPSA) is 56.0 Å². The molecule has 63 valence electrons. The second kappa shape index (κ2) is 2.86. The van der Waals surface area contributed by atoms with E-state index >= 15 is 0 Å². The maximum Gasteiger partial charge on any atom is 0.248 e. The Bertz CT molecular complexity index is 465. The highest BCUT2D eigenvalue weighted by atomic mass is 16.1. The number of benzene rings is 1. The molecule has 0 fully saturated rings. The molecule has 1 heterocycles. The first kappa shape index (κ1) is 7.73. The van der Waals surface area contributed by atoms with Gasteiger partial charge in [-0.3, -0.25) is 9.78 Å². The molecule has 1 radical (unpaired) electrons. The molecule has 0 saturated heterocycles. The van der Waals surface area contributed by atoms with Gasteiger partial charge in [0.15, 0.2) is 0 Å². The molecule has 2 rings (SSSR count). The van der Waals surface area contributed by atoms with Gasteiger partial charge >= 0.3 is 0 Å². The molecule has 2 N–H and O–H groups in total. The molecular weight excluding hydrogens is 164 g/mol. The molecule has 0 aliphatic carbocycles. The van der Waals surface area contributed by atoms with Crippen molar-refractivity contribution in [1.29, 1.82) is 0 Å². The Morgan fingerprint density at radius 2 is 2.31 bits per heavy atom. The van der Waals surface area contributed by atoms with Gasteiger partial charge in [0.05, 0.1) is 5.52 Å². The molecule has 1 aromatic heterocycles.